The van der Waals surface area contributed by atoms with E-state index in [0.29, 0.717) is 27.1 Å². The molecule has 11 nitrogen and oxygen atoms in total. The van der Waals surface area contributed by atoms with Crippen molar-refractivity contribution in [1.29, 1.82) is 0 Å². The fourth-order valence-electron chi connectivity index (χ4n) is 2.34. The number of nitrogens with zero attached hydrogens (tertiary/aromatic N) is 4. The molecule has 3 rings (SSSR count). The molecule has 0 unspecified atom stereocenters. The average Bonchev–Trinajstić information content (AvgIpc) is 3.07. The number of hydrogen-bond acceptors (Lipinski definition) is 10. The van der Waals surface area contributed by atoms with Gasteiger partial charge in [0.1, 0.15) is 6.04 Å². The molecule has 12 heteroatoms. The Morgan fingerprint density at radius 3 is 2.90 bits per heavy atom. The number of carbonyl (C=O) groups is 1. The minimum atomic E-state index is -1.03. The van der Waals surface area contributed by atoms with Gasteiger partial charge in [0.25, 0.3) is 5.69 Å². The molecule has 5 N–H and O–H groups in total. The highest BCUT2D eigenvalue weighted by Crippen LogP contribution is 2.32. The smallest absolute Gasteiger partial charge is 0.271 e. The molecule has 2 heterocycles. The largest absolute Gasteiger partial charge is 0.394 e. The van der Waals surface area contributed by atoms with Crippen molar-refractivity contribution in [3.05, 3.63) is 52.3 Å². The second-order valence-corrected chi connectivity index (χ2v) is 6.91. The number of aliphatic hydroxyl groups excluding tert-OH is 1. The van der Waals surface area contributed by atoms with Crippen LogP contribution < -0.4 is 16.4 Å². The first-order valence-corrected chi connectivity index (χ1v) is 9.18. The molecule has 1 atom stereocenters. The second kappa shape index (κ2) is 8.68. The van der Waals surface area contributed by atoms with Gasteiger partial charge in [-0.25, -0.2) is 15.0 Å². The van der Waals surface area contributed by atoms with Crippen LogP contribution in [-0.4, -0.2) is 43.5 Å². The van der Waals surface area contributed by atoms with Crippen molar-refractivity contribution < 1.29 is 14.8 Å². The van der Waals surface area contributed by atoms with E-state index in [4.69, 9.17) is 10.8 Å². The highest BCUT2D eigenvalue weighted by Gasteiger charge is 2.17. The third-order valence-electron chi connectivity index (χ3n) is 3.76. The number of nitro groups is 1. The van der Waals surface area contributed by atoms with E-state index in [9.17, 15) is 14.9 Å². The van der Waals surface area contributed by atoms with Gasteiger partial charge in [-0.15, -0.1) is 0 Å². The molecule has 0 aliphatic rings. The molecule has 0 aliphatic heterocycles. The number of nitrogens with two attached hydrogens (primary N) is 1. The summed E-state index contributed by atoms with van der Waals surface area (Å²) in [5.41, 5.74) is 7.12. The summed E-state index contributed by atoms with van der Waals surface area (Å²) in [6.07, 6.45) is 1.54. The van der Waals surface area contributed by atoms with Gasteiger partial charge in [0.15, 0.2) is 5.13 Å². The predicted octanol–water partition coefficient (Wildman–Crippen LogP) is 1.82. The molecule has 29 heavy (non-hydrogen) atoms. The van der Waals surface area contributed by atoms with Gasteiger partial charge in [-0.05, 0) is 19.1 Å². The number of aromatic nitrogens is 3. The Bertz CT molecular complexity index is 1060. The number of nitrogens with one attached hydrogen (secondary N) is 2. The van der Waals surface area contributed by atoms with Crippen molar-refractivity contribution in [2.45, 2.75) is 13.0 Å². The van der Waals surface area contributed by atoms with Gasteiger partial charge in [0.2, 0.25) is 11.9 Å². The molecule has 0 saturated carbocycles. The molecule has 0 aliphatic carbocycles. The Kier molecular flexibility index (Phi) is 6.07. The number of thiazole rings is 1. The number of benzene rings is 1. The maximum absolute atomic E-state index is 11.8. The Hall–Kier alpha value is -3.48. The summed E-state index contributed by atoms with van der Waals surface area (Å²) in [5, 5.41) is 25.7. The minimum Gasteiger partial charge on any atom is -0.394 e. The van der Waals surface area contributed by atoms with Gasteiger partial charge < -0.3 is 21.5 Å². The van der Waals surface area contributed by atoms with E-state index in [-0.39, 0.29) is 11.6 Å². The molecule has 2 aromatic heterocycles. The maximum atomic E-state index is 11.8. The number of hydrogen-bond donors (Lipinski definition) is 4. The van der Waals surface area contributed by atoms with E-state index >= 15 is 0 Å². The van der Waals surface area contributed by atoms with Crippen LogP contribution in [0.1, 0.15) is 5.69 Å². The summed E-state index contributed by atoms with van der Waals surface area (Å²) in [5.74, 6) is -0.285. The number of amides is 1. The lowest BCUT2D eigenvalue weighted by Crippen LogP contribution is -2.38. The van der Waals surface area contributed by atoms with Gasteiger partial charge >= 0.3 is 0 Å². The molecule has 0 fully saturated rings. The summed E-state index contributed by atoms with van der Waals surface area (Å²) in [4.78, 5) is 35.8. The van der Waals surface area contributed by atoms with Crippen molar-refractivity contribution in [2.24, 2.45) is 5.73 Å². The summed E-state index contributed by atoms with van der Waals surface area (Å²) in [7, 11) is 0. The highest BCUT2D eigenvalue weighted by molar-refractivity contribution is 7.19. The van der Waals surface area contributed by atoms with Crippen molar-refractivity contribution in [1.82, 2.24) is 15.0 Å². The number of carbonyl (C=O) groups excluding carboxylic acids is 1. The van der Waals surface area contributed by atoms with Gasteiger partial charge in [-0.3, -0.25) is 14.9 Å². The van der Waals surface area contributed by atoms with E-state index in [1.165, 1.54) is 23.5 Å². The van der Waals surface area contributed by atoms with E-state index in [1.54, 1.807) is 31.3 Å². The third-order valence-corrected chi connectivity index (χ3v) is 4.86. The molecule has 0 spiro atoms. The zero-order chi connectivity index (χ0) is 21.0. The molecule has 1 aromatic carbocycles. The molecule has 0 bridgehead atoms. The second-order valence-electron chi connectivity index (χ2n) is 5.91. The number of aryl methyl sites for hydroxylation is 1. The van der Waals surface area contributed by atoms with Crippen molar-refractivity contribution >= 4 is 39.7 Å². The van der Waals surface area contributed by atoms with Crippen LogP contribution in [0, 0.1) is 17.0 Å². The van der Waals surface area contributed by atoms with Crippen LogP contribution in [0.25, 0.3) is 10.6 Å². The Morgan fingerprint density at radius 1 is 1.38 bits per heavy atom. The molecule has 1 amide bonds. The topological polar surface area (TPSA) is 169 Å². The molecule has 0 saturated heterocycles. The quantitative estimate of drug-likeness (QED) is 0.332. The monoisotopic (exact) mass is 415 g/mol. The van der Waals surface area contributed by atoms with Crippen molar-refractivity contribution in [3.8, 4) is 10.6 Å². The first-order valence-electron chi connectivity index (χ1n) is 8.37. The van der Waals surface area contributed by atoms with Crippen molar-refractivity contribution in [2.75, 3.05) is 17.2 Å². The van der Waals surface area contributed by atoms with Crippen LogP contribution in [0.5, 0.6) is 0 Å². The van der Waals surface area contributed by atoms with E-state index in [1.807, 2.05) is 0 Å². The first-order chi connectivity index (χ1) is 13.9. The number of rotatable bonds is 7. The zero-order valence-electron chi connectivity index (χ0n) is 15.2. The van der Waals surface area contributed by atoms with Crippen LogP contribution in [0.3, 0.4) is 0 Å². The Balaban J connectivity index is 1.82. The third kappa shape index (κ3) is 4.87. The summed E-state index contributed by atoms with van der Waals surface area (Å²) in [6, 6.07) is 6.65. The molecule has 150 valence electrons. The SMILES string of the molecule is Cc1nc(NC(=O)[C@@H](N)CO)sc1-c1ccnc(Nc2cccc([N+](=O)[O-])c2)n1. The maximum Gasteiger partial charge on any atom is 0.271 e. The number of anilines is 3. The van der Waals surface area contributed by atoms with E-state index in [0.717, 1.165) is 0 Å². The fraction of sp³-hybridized carbons (Fsp3) is 0.176. The standard InChI is InChI=1S/C17H17N7O4S/c1-9-14(29-17(20-9)23-15(26)12(18)8-25)13-5-6-19-16(22-13)21-10-3-2-4-11(7-10)24(27)28/h2-7,12,25H,8,18H2,1H3,(H,19,21,22)(H,20,23,26)/t12-/m0/s1. The lowest BCUT2D eigenvalue weighted by Gasteiger charge is -2.06. The number of non-ortho nitro benzene ring substituents is 1. The first kappa shape index (κ1) is 20.3. The summed E-state index contributed by atoms with van der Waals surface area (Å²) >= 11 is 1.20. The Labute approximate surface area is 168 Å². The minimum absolute atomic E-state index is 0.0501. The predicted molar refractivity (Wildman–Crippen MR) is 108 cm³/mol. The summed E-state index contributed by atoms with van der Waals surface area (Å²) < 4.78 is 0. The number of aliphatic hydroxyl groups is 1. The van der Waals surface area contributed by atoms with Gasteiger partial charge in [-0.2, -0.15) is 0 Å². The van der Waals surface area contributed by atoms with Gasteiger partial charge in [0, 0.05) is 24.0 Å². The van der Waals surface area contributed by atoms with E-state index < -0.39 is 23.5 Å². The van der Waals surface area contributed by atoms with Crippen LogP contribution in [0.2, 0.25) is 0 Å². The van der Waals surface area contributed by atoms with Gasteiger partial charge in [-0.1, -0.05) is 17.4 Å². The fourth-order valence-corrected chi connectivity index (χ4v) is 3.28. The zero-order valence-corrected chi connectivity index (χ0v) is 16.0. The molecular weight excluding hydrogens is 398 g/mol. The average molecular weight is 415 g/mol. The molecule has 3 aromatic rings. The molecule has 0 radical (unpaired) electrons. The Morgan fingerprint density at radius 2 is 2.17 bits per heavy atom. The van der Waals surface area contributed by atoms with E-state index in [2.05, 4.69) is 25.6 Å². The number of nitro benzene ring substituents is 1. The molecular formula is C17H17N7O4S. The van der Waals surface area contributed by atoms with Crippen LogP contribution in [-0.2, 0) is 4.79 Å². The lowest BCUT2D eigenvalue weighted by molar-refractivity contribution is -0.384. The van der Waals surface area contributed by atoms with Crippen LogP contribution >= 0.6 is 11.3 Å². The highest BCUT2D eigenvalue weighted by atomic mass is 32.1. The normalized spacial score (nSPS) is 11.7. The van der Waals surface area contributed by atoms with Crippen LogP contribution in [0.4, 0.5) is 22.5 Å². The van der Waals surface area contributed by atoms with Gasteiger partial charge in [0.05, 0.1) is 27.8 Å². The lowest BCUT2D eigenvalue weighted by atomic mass is 10.3. The van der Waals surface area contributed by atoms with Crippen molar-refractivity contribution in [3.63, 3.8) is 0 Å². The summed E-state index contributed by atoms with van der Waals surface area (Å²) in [6.45, 7) is 1.30. The van der Waals surface area contributed by atoms with Crippen LogP contribution in [0.15, 0.2) is 36.5 Å².